The number of halogens is 2. The maximum atomic E-state index is 11.1. The van der Waals surface area contributed by atoms with Crippen molar-refractivity contribution in [3.8, 4) is 11.3 Å². The number of furan rings is 1. The van der Waals surface area contributed by atoms with Gasteiger partial charge in [-0.3, -0.25) is 0 Å². The van der Waals surface area contributed by atoms with E-state index in [0.717, 1.165) is 30.8 Å². The van der Waals surface area contributed by atoms with E-state index in [-0.39, 0.29) is 30.4 Å². The molecule has 1 aromatic heterocycles. The van der Waals surface area contributed by atoms with Crippen LogP contribution in [-0.2, 0) is 6.54 Å². The Morgan fingerprint density at radius 3 is 2.30 bits per heavy atom. The van der Waals surface area contributed by atoms with E-state index in [9.17, 15) is 4.79 Å². The molecule has 2 N–H and O–H groups in total. The molecule has 30 heavy (non-hydrogen) atoms. The summed E-state index contributed by atoms with van der Waals surface area (Å²) in [7, 11) is 0. The van der Waals surface area contributed by atoms with Gasteiger partial charge in [0.05, 0.1) is 12.1 Å². The van der Waals surface area contributed by atoms with Crippen LogP contribution in [0.3, 0.4) is 0 Å². The van der Waals surface area contributed by atoms with Crippen molar-refractivity contribution < 1.29 is 14.3 Å². The first kappa shape index (κ1) is 28.5. The van der Waals surface area contributed by atoms with E-state index in [4.69, 9.17) is 9.52 Å². The van der Waals surface area contributed by atoms with Crippen LogP contribution < -0.4 is 5.32 Å². The molecular formula is C23H36Cl2N2O3. The molecule has 1 heterocycles. The maximum Gasteiger partial charge on any atom is 0.335 e. The molecule has 2 rings (SSSR count). The number of carbonyl (C=O) groups is 1. The number of hydrogen-bond donors (Lipinski definition) is 2. The molecule has 0 aliphatic carbocycles. The highest BCUT2D eigenvalue weighted by Crippen LogP contribution is 2.23. The Morgan fingerprint density at radius 2 is 1.67 bits per heavy atom. The SMILES string of the molecule is CCCCN(CCCC)CCCNCc1ccc(-c2cccc(C(=O)O)c2)o1.Cl.Cl. The Morgan fingerprint density at radius 1 is 1.00 bits per heavy atom. The fraction of sp³-hybridized carbons (Fsp3) is 0.522. The lowest BCUT2D eigenvalue weighted by Gasteiger charge is -2.21. The molecule has 0 aliphatic rings. The van der Waals surface area contributed by atoms with Crippen molar-refractivity contribution in [1.82, 2.24) is 10.2 Å². The molecule has 7 heteroatoms. The van der Waals surface area contributed by atoms with Crippen LogP contribution in [-0.4, -0.2) is 42.2 Å². The van der Waals surface area contributed by atoms with Gasteiger partial charge in [-0.15, -0.1) is 24.8 Å². The van der Waals surface area contributed by atoms with Gasteiger partial charge >= 0.3 is 5.97 Å². The molecule has 0 spiro atoms. The van der Waals surface area contributed by atoms with Crippen LogP contribution in [0.2, 0.25) is 0 Å². The number of carboxylic acids is 1. The van der Waals surface area contributed by atoms with E-state index in [2.05, 4.69) is 24.1 Å². The molecule has 2 aromatic rings. The number of rotatable bonds is 14. The molecule has 0 bridgehead atoms. The van der Waals surface area contributed by atoms with Crippen molar-refractivity contribution in [2.24, 2.45) is 0 Å². The zero-order valence-corrected chi connectivity index (χ0v) is 19.7. The number of benzene rings is 1. The highest BCUT2D eigenvalue weighted by molar-refractivity contribution is 5.89. The van der Waals surface area contributed by atoms with Crippen LogP contribution >= 0.6 is 24.8 Å². The van der Waals surface area contributed by atoms with E-state index < -0.39 is 5.97 Å². The van der Waals surface area contributed by atoms with Gasteiger partial charge in [0.2, 0.25) is 0 Å². The number of nitrogens with one attached hydrogen (secondary N) is 1. The number of nitrogens with zero attached hydrogens (tertiary/aromatic N) is 1. The number of aromatic carboxylic acids is 1. The summed E-state index contributed by atoms with van der Waals surface area (Å²) in [6.07, 6.45) is 6.17. The summed E-state index contributed by atoms with van der Waals surface area (Å²) in [4.78, 5) is 13.7. The Hall–Kier alpha value is -1.53. The Bertz CT molecular complexity index is 714. The van der Waals surface area contributed by atoms with Crippen molar-refractivity contribution in [3.05, 3.63) is 47.7 Å². The summed E-state index contributed by atoms with van der Waals surface area (Å²) in [5.74, 6) is 0.636. The van der Waals surface area contributed by atoms with Gasteiger partial charge in [-0.25, -0.2) is 4.79 Å². The highest BCUT2D eigenvalue weighted by Gasteiger charge is 2.09. The van der Waals surface area contributed by atoms with Crippen LogP contribution in [0.1, 0.15) is 62.1 Å². The average Bonchev–Trinajstić information content (AvgIpc) is 3.18. The number of unbranched alkanes of at least 4 members (excludes halogenated alkanes) is 2. The van der Waals surface area contributed by atoms with E-state index in [1.807, 2.05) is 18.2 Å². The fourth-order valence-electron chi connectivity index (χ4n) is 3.17. The Balaban J connectivity index is 0.00000420. The molecule has 0 amide bonds. The summed E-state index contributed by atoms with van der Waals surface area (Å²) in [6.45, 7) is 9.67. The van der Waals surface area contributed by atoms with Gasteiger partial charge in [0, 0.05) is 5.56 Å². The summed E-state index contributed by atoms with van der Waals surface area (Å²) in [5, 5.41) is 12.6. The average molecular weight is 459 g/mol. The summed E-state index contributed by atoms with van der Waals surface area (Å²) in [6, 6.07) is 10.7. The van der Waals surface area contributed by atoms with Crippen LogP contribution in [0.15, 0.2) is 40.8 Å². The first-order valence-corrected chi connectivity index (χ1v) is 10.5. The maximum absolute atomic E-state index is 11.1. The topological polar surface area (TPSA) is 65.7 Å². The Labute approximate surface area is 193 Å². The van der Waals surface area contributed by atoms with Crippen LogP contribution in [0.5, 0.6) is 0 Å². The summed E-state index contributed by atoms with van der Waals surface area (Å²) >= 11 is 0. The first-order chi connectivity index (χ1) is 13.6. The minimum atomic E-state index is -0.929. The van der Waals surface area contributed by atoms with Crippen molar-refractivity contribution >= 4 is 30.8 Å². The standard InChI is InChI=1S/C23H34N2O3.2ClH/c1-3-5-14-25(15-6-4-2)16-8-13-24-18-21-11-12-22(28-21)19-9-7-10-20(17-19)23(26)27;;/h7,9-12,17,24H,3-6,8,13-16,18H2,1-2H3,(H,26,27);2*1H. The molecule has 0 saturated heterocycles. The van der Waals surface area contributed by atoms with Crippen molar-refractivity contribution in [2.45, 2.75) is 52.5 Å². The number of hydrogen-bond acceptors (Lipinski definition) is 4. The van der Waals surface area contributed by atoms with Crippen LogP contribution in [0, 0.1) is 0 Å². The quantitative estimate of drug-likeness (QED) is 0.346. The molecule has 5 nitrogen and oxygen atoms in total. The summed E-state index contributed by atoms with van der Waals surface area (Å²) < 4.78 is 5.87. The van der Waals surface area contributed by atoms with Crippen LogP contribution in [0.25, 0.3) is 11.3 Å². The smallest absolute Gasteiger partial charge is 0.335 e. The van der Waals surface area contributed by atoms with Gasteiger partial charge in [-0.05, 0) is 69.7 Å². The second-order valence-corrected chi connectivity index (χ2v) is 7.23. The lowest BCUT2D eigenvalue weighted by molar-refractivity contribution is 0.0697. The van der Waals surface area contributed by atoms with E-state index >= 15 is 0 Å². The largest absolute Gasteiger partial charge is 0.478 e. The zero-order valence-electron chi connectivity index (χ0n) is 18.1. The van der Waals surface area contributed by atoms with E-state index in [1.165, 1.54) is 38.8 Å². The minimum Gasteiger partial charge on any atom is -0.478 e. The van der Waals surface area contributed by atoms with Gasteiger partial charge < -0.3 is 19.7 Å². The third kappa shape index (κ3) is 9.98. The zero-order chi connectivity index (χ0) is 20.2. The predicted molar refractivity (Wildman–Crippen MR) is 128 cm³/mol. The molecule has 0 atom stereocenters. The fourth-order valence-corrected chi connectivity index (χ4v) is 3.17. The van der Waals surface area contributed by atoms with Crippen molar-refractivity contribution in [1.29, 1.82) is 0 Å². The van der Waals surface area contributed by atoms with Crippen LogP contribution in [0.4, 0.5) is 0 Å². The lowest BCUT2D eigenvalue weighted by atomic mass is 10.1. The highest BCUT2D eigenvalue weighted by atomic mass is 35.5. The molecule has 0 saturated carbocycles. The normalized spacial score (nSPS) is 10.5. The van der Waals surface area contributed by atoms with Gasteiger partial charge in [-0.1, -0.05) is 38.8 Å². The second kappa shape index (κ2) is 16.2. The molecule has 1 aromatic carbocycles. The number of carboxylic acid groups (broad SMARTS) is 1. The molecule has 0 aliphatic heterocycles. The van der Waals surface area contributed by atoms with Gasteiger partial charge in [0.15, 0.2) is 0 Å². The minimum absolute atomic E-state index is 0. The van der Waals surface area contributed by atoms with E-state index in [0.29, 0.717) is 12.3 Å². The third-order valence-corrected chi connectivity index (χ3v) is 4.84. The lowest BCUT2D eigenvalue weighted by Crippen LogP contribution is -2.29. The molecule has 170 valence electrons. The molecule has 0 fully saturated rings. The monoisotopic (exact) mass is 458 g/mol. The molecular weight excluding hydrogens is 423 g/mol. The molecule has 0 unspecified atom stereocenters. The third-order valence-electron chi connectivity index (χ3n) is 4.84. The van der Waals surface area contributed by atoms with Crippen molar-refractivity contribution in [3.63, 3.8) is 0 Å². The first-order valence-electron chi connectivity index (χ1n) is 10.5. The molecule has 0 radical (unpaired) electrons. The van der Waals surface area contributed by atoms with Crippen molar-refractivity contribution in [2.75, 3.05) is 26.2 Å². The van der Waals surface area contributed by atoms with Gasteiger partial charge in [0.25, 0.3) is 0 Å². The summed E-state index contributed by atoms with van der Waals surface area (Å²) in [5.41, 5.74) is 1.05. The van der Waals surface area contributed by atoms with Gasteiger partial charge in [0.1, 0.15) is 11.5 Å². The second-order valence-electron chi connectivity index (χ2n) is 7.23. The van der Waals surface area contributed by atoms with E-state index in [1.54, 1.807) is 18.2 Å². The predicted octanol–water partition coefficient (Wildman–Crippen LogP) is 5.87. The Kier molecular flexibility index (Phi) is 15.4. The van der Waals surface area contributed by atoms with Gasteiger partial charge in [-0.2, -0.15) is 0 Å².